The van der Waals surface area contributed by atoms with E-state index in [0.29, 0.717) is 11.3 Å². The summed E-state index contributed by atoms with van der Waals surface area (Å²) in [7, 11) is 0. The molecule has 112 valence electrons. The fourth-order valence-corrected chi connectivity index (χ4v) is 1.77. The minimum Gasteiger partial charge on any atom is -0.435 e. The van der Waals surface area contributed by atoms with Crippen LogP contribution >= 0.6 is 0 Å². The van der Waals surface area contributed by atoms with E-state index in [4.69, 9.17) is 5.11 Å². The van der Waals surface area contributed by atoms with Gasteiger partial charge < -0.3 is 15.2 Å². The van der Waals surface area contributed by atoms with Gasteiger partial charge in [0.25, 0.3) is 5.91 Å². The molecule has 6 nitrogen and oxygen atoms in total. The van der Waals surface area contributed by atoms with Crippen molar-refractivity contribution in [3.8, 4) is 17.0 Å². The van der Waals surface area contributed by atoms with Crippen LogP contribution in [0.5, 0.6) is 5.75 Å². The summed E-state index contributed by atoms with van der Waals surface area (Å²) in [6.45, 7) is -3.00. The van der Waals surface area contributed by atoms with E-state index in [1.807, 2.05) is 0 Å². The van der Waals surface area contributed by atoms with Crippen LogP contribution in [0, 0.1) is 0 Å². The standard InChI is InChI=1S/C13H13F2N3O3/c14-13(15)21-9-3-1-2-8(6-9)11-10(7-17-18-11)12(20)16-4-5-19/h1-3,6-7,13,19H,4-5H2,(H,16,20)(H,17,18). The summed E-state index contributed by atoms with van der Waals surface area (Å²) >= 11 is 0. The normalized spacial score (nSPS) is 10.7. The van der Waals surface area contributed by atoms with E-state index in [1.54, 1.807) is 6.07 Å². The highest BCUT2D eigenvalue weighted by molar-refractivity contribution is 5.99. The van der Waals surface area contributed by atoms with Gasteiger partial charge in [0, 0.05) is 12.1 Å². The molecule has 0 atom stereocenters. The molecule has 1 aromatic carbocycles. The zero-order chi connectivity index (χ0) is 15.2. The van der Waals surface area contributed by atoms with Crippen LogP contribution in [-0.4, -0.2) is 41.0 Å². The second-order valence-corrected chi connectivity index (χ2v) is 4.04. The Morgan fingerprint density at radius 3 is 3.00 bits per heavy atom. The number of benzene rings is 1. The monoisotopic (exact) mass is 297 g/mol. The van der Waals surface area contributed by atoms with Crippen molar-refractivity contribution in [3.05, 3.63) is 36.0 Å². The molecular formula is C13H13F2N3O3. The van der Waals surface area contributed by atoms with Crippen LogP contribution in [0.25, 0.3) is 11.3 Å². The van der Waals surface area contributed by atoms with Gasteiger partial charge in [-0.3, -0.25) is 9.89 Å². The molecule has 1 amide bonds. The lowest BCUT2D eigenvalue weighted by Crippen LogP contribution is -2.26. The van der Waals surface area contributed by atoms with Crippen molar-refractivity contribution in [2.24, 2.45) is 0 Å². The minimum atomic E-state index is -2.92. The molecule has 0 saturated heterocycles. The maximum atomic E-state index is 12.2. The SMILES string of the molecule is O=C(NCCO)c1cn[nH]c1-c1cccc(OC(F)F)c1. The third kappa shape index (κ3) is 3.76. The fourth-order valence-electron chi connectivity index (χ4n) is 1.77. The summed E-state index contributed by atoms with van der Waals surface area (Å²) in [4.78, 5) is 11.9. The van der Waals surface area contributed by atoms with Crippen LogP contribution in [0.15, 0.2) is 30.5 Å². The molecule has 1 heterocycles. The van der Waals surface area contributed by atoms with Crippen molar-refractivity contribution in [2.45, 2.75) is 6.61 Å². The molecule has 8 heteroatoms. The number of carbonyl (C=O) groups excluding carboxylic acids is 1. The largest absolute Gasteiger partial charge is 0.435 e. The summed E-state index contributed by atoms with van der Waals surface area (Å²) in [5.74, 6) is -0.438. The van der Waals surface area contributed by atoms with Crippen LogP contribution < -0.4 is 10.1 Å². The van der Waals surface area contributed by atoms with Crippen LogP contribution in [0.1, 0.15) is 10.4 Å². The number of alkyl halides is 2. The van der Waals surface area contributed by atoms with Gasteiger partial charge in [0.2, 0.25) is 0 Å². The molecule has 0 aliphatic carbocycles. The number of aliphatic hydroxyl groups excluding tert-OH is 1. The smallest absolute Gasteiger partial charge is 0.387 e. The first kappa shape index (κ1) is 14.9. The number of hydrogen-bond donors (Lipinski definition) is 3. The molecular weight excluding hydrogens is 284 g/mol. The Balaban J connectivity index is 2.26. The first-order valence-corrected chi connectivity index (χ1v) is 6.09. The first-order chi connectivity index (χ1) is 10.1. The molecule has 1 aromatic heterocycles. The molecule has 0 bridgehead atoms. The summed E-state index contributed by atoms with van der Waals surface area (Å²) < 4.78 is 28.7. The zero-order valence-electron chi connectivity index (χ0n) is 10.8. The van der Waals surface area contributed by atoms with Crippen molar-refractivity contribution < 1.29 is 23.4 Å². The van der Waals surface area contributed by atoms with Crippen molar-refractivity contribution in [1.82, 2.24) is 15.5 Å². The summed E-state index contributed by atoms with van der Waals surface area (Å²) in [6, 6.07) is 5.93. The molecule has 2 aromatic rings. The van der Waals surface area contributed by atoms with Crippen molar-refractivity contribution in [2.75, 3.05) is 13.2 Å². The van der Waals surface area contributed by atoms with E-state index < -0.39 is 12.5 Å². The molecule has 2 rings (SSSR count). The molecule has 0 unspecified atom stereocenters. The van der Waals surface area contributed by atoms with Crippen molar-refractivity contribution in [1.29, 1.82) is 0 Å². The molecule has 0 spiro atoms. The molecule has 0 aliphatic rings. The Labute approximate surface area is 118 Å². The lowest BCUT2D eigenvalue weighted by Gasteiger charge is -2.07. The van der Waals surface area contributed by atoms with Gasteiger partial charge in [-0.2, -0.15) is 13.9 Å². The Kier molecular flexibility index (Phi) is 4.83. The van der Waals surface area contributed by atoms with Gasteiger partial charge in [0.1, 0.15) is 5.75 Å². The van der Waals surface area contributed by atoms with E-state index in [1.165, 1.54) is 24.4 Å². The quantitative estimate of drug-likeness (QED) is 0.752. The Morgan fingerprint density at radius 1 is 1.48 bits per heavy atom. The summed E-state index contributed by atoms with van der Waals surface area (Å²) in [6.07, 6.45) is 1.32. The first-order valence-electron chi connectivity index (χ1n) is 6.09. The Hall–Kier alpha value is -2.48. The van der Waals surface area contributed by atoms with Crippen LogP contribution in [0.3, 0.4) is 0 Å². The minimum absolute atomic E-state index is 0.0150. The van der Waals surface area contributed by atoms with E-state index in [-0.39, 0.29) is 24.5 Å². The summed E-state index contributed by atoms with van der Waals surface area (Å²) in [5, 5.41) is 17.6. The number of nitrogens with one attached hydrogen (secondary N) is 2. The maximum absolute atomic E-state index is 12.2. The van der Waals surface area contributed by atoms with Crippen LogP contribution in [0.4, 0.5) is 8.78 Å². The second kappa shape index (κ2) is 6.80. The van der Waals surface area contributed by atoms with Gasteiger partial charge >= 0.3 is 6.61 Å². The maximum Gasteiger partial charge on any atom is 0.387 e. The molecule has 0 radical (unpaired) electrons. The van der Waals surface area contributed by atoms with Crippen LogP contribution in [0.2, 0.25) is 0 Å². The van der Waals surface area contributed by atoms with E-state index in [0.717, 1.165) is 0 Å². The van der Waals surface area contributed by atoms with Crippen molar-refractivity contribution in [3.63, 3.8) is 0 Å². The molecule has 0 fully saturated rings. The lowest BCUT2D eigenvalue weighted by atomic mass is 10.1. The number of amides is 1. The highest BCUT2D eigenvalue weighted by Crippen LogP contribution is 2.25. The average Bonchev–Trinajstić information content (AvgIpc) is 2.93. The van der Waals surface area contributed by atoms with E-state index in [9.17, 15) is 13.6 Å². The number of aromatic amines is 1. The van der Waals surface area contributed by atoms with E-state index in [2.05, 4.69) is 20.3 Å². The van der Waals surface area contributed by atoms with Crippen LogP contribution in [-0.2, 0) is 0 Å². The number of H-pyrrole nitrogens is 1. The summed E-state index contributed by atoms with van der Waals surface area (Å²) in [5.41, 5.74) is 1.11. The van der Waals surface area contributed by atoms with E-state index >= 15 is 0 Å². The molecule has 21 heavy (non-hydrogen) atoms. The predicted molar refractivity (Wildman–Crippen MR) is 70.1 cm³/mol. The fraction of sp³-hybridized carbons (Fsp3) is 0.231. The third-order valence-electron chi connectivity index (χ3n) is 2.63. The highest BCUT2D eigenvalue weighted by Gasteiger charge is 2.15. The number of rotatable bonds is 6. The number of carbonyl (C=O) groups is 1. The molecule has 0 aliphatic heterocycles. The van der Waals surface area contributed by atoms with Gasteiger partial charge in [-0.15, -0.1) is 0 Å². The van der Waals surface area contributed by atoms with Gasteiger partial charge in [0.05, 0.1) is 24.1 Å². The second-order valence-electron chi connectivity index (χ2n) is 4.04. The Morgan fingerprint density at radius 2 is 2.29 bits per heavy atom. The van der Waals surface area contributed by atoms with Crippen molar-refractivity contribution >= 4 is 5.91 Å². The number of ether oxygens (including phenoxy) is 1. The number of nitrogens with zero attached hydrogens (tertiary/aromatic N) is 1. The predicted octanol–water partition coefficient (Wildman–Crippen LogP) is 1.40. The number of aromatic nitrogens is 2. The lowest BCUT2D eigenvalue weighted by molar-refractivity contribution is -0.0498. The average molecular weight is 297 g/mol. The zero-order valence-corrected chi connectivity index (χ0v) is 10.8. The highest BCUT2D eigenvalue weighted by atomic mass is 19.3. The van der Waals surface area contributed by atoms with Gasteiger partial charge in [-0.05, 0) is 12.1 Å². The third-order valence-corrected chi connectivity index (χ3v) is 2.63. The number of halogens is 2. The van der Waals surface area contributed by atoms with Gasteiger partial charge in [-0.25, -0.2) is 0 Å². The number of hydrogen-bond acceptors (Lipinski definition) is 4. The number of aliphatic hydroxyl groups is 1. The van der Waals surface area contributed by atoms with Gasteiger partial charge in [0.15, 0.2) is 0 Å². The molecule has 3 N–H and O–H groups in total. The Bertz CT molecular complexity index is 616. The topological polar surface area (TPSA) is 87.2 Å². The van der Waals surface area contributed by atoms with Gasteiger partial charge in [-0.1, -0.05) is 12.1 Å². The molecule has 0 saturated carbocycles.